The maximum atomic E-state index is 5.35. The van der Waals surface area contributed by atoms with Gasteiger partial charge in [-0.3, -0.25) is 0 Å². The lowest BCUT2D eigenvalue weighted by molar-refractivity contribution is 0.714. The highest BCUT2D eigenvalue weighted by atomic mass is 35.6. The van der Waals surface area contributed by atoms with Crippen molar-refractivity contribution < 1.29 is 0 Å². The molecule has 4 heteroatoms. The molecule has 0 aliphatic heterocycles. The average molecular weight is 175 g/mol. The van der Waals surface area contributed by atoms with Crippen LogP contribution in [0.15, 0.2) is 0 Å². The van der Waals surface area contributed by atoms with E-state index in [1.807, 2.05) is 6.92 Å². The second kappa shape index (κ2) is 3.78. The van der Waals surface area contributed by atoms with Gasteiger partial charge in [0.25, 0.3) is 0 Å². The lowest BCUT2D eigenvalue weighted by atomic mass is 10.6. The lowest BCUT2D eigenvalue weighted by Gasteiger charge is -2.07. The van der Waals surface area contributed by atoms with Crippen LogP contribution in [0.25, 0.3) is 0 Å². The van der Waals surface area contributed by atoms with E-state index in [-0.39, 0.29) is 6.54 Å². The molecule has 0 aliphatic rings. The molecule has 0 unspecified atom stereocenters. The van der Waals surface area contributed by atoms with Gasteiger partial charge in [-0.05, 0) is 0 Å². The van der Waals surface area contributed by atoms with E-state index in [0.717, 1.165) is 0 Å². The fraction of sp³-hybridized carbons (Fsp3) is 1.00. The van der Waals surface area contributed by atoms with E-state index in [1.165, 1.54) is 0 Å². The van der Waals surface area contributed by atoms with Crippen LogP contribution in [0.4, 0.5) is 0 Å². The molecule has 0 aromatic carbocycles. The summed E-state index contributed by atoms with van der Waals surface area (Å²) in [5.74, 6) is 0. The second-order valence-electron chi connectivity index (χ2n) is 1.31. The molecule has 0 saturated carbocycles. The molecule has 1 nitrogen and oxygen atoms in total. The minimum atomic E-state index is -1.20. The highest BCUT2D eigenvalue weighted by Gasteiger charge is 2.18. The van der Waals surface area contributed by atoms with E-state index in [9.17, 15) is 0 Å². The molecule has 0 spiro atoms. The Labute approximate surface area is 64.3 Å². The first-order chi connectivity index (χ1) is 3.56. The Morgan fingerprint density at radius 2 is 1.88 bits per heavy atom. The summed E-state index contributed by atoms with van der Waals surface area (Å²) in [5, 5.41) is 3.85. The van der Waals surface area contributed by atoms with Crippen LogP contribution in [0.5, 0.6) is 0 Å². The Bertz CT molecular complexity index is 58.8. The van der Waals surface area contributed by atoms with Crippen molar-refractivity contribution in [2.24, 2.45) is 0 Å². The molecule has 0 heterocycles. The molecule has 1 radical (unpaired) electrons. The summed E-state index contributed by atoms with van der Waals surface area (Å²) in [4.78, 5) is 0. The van der Waals surface area contributed by atoms with Crippen molar-refractivity contribution in [1.82, 2.24) is 5.32 Å². The summed E-state index contributed by atoms with van der Waals surface area (Å²) in [7, 11) is 0. The molecular formula is C4H7Cl3N. The molecule has 0 fully saturated rings. The van der Waals surface area contributed by atoms with E-state index in [2.05, 4.69) is 5.32 Å². The number of rotatable bonds is 2. The van der Waals surface area contributed by atoms with Crippen LogP contribution in [-0.2, 0) is 0 Å². The van der Waals surface area contributed by atoms with Crippen molar-refractivity contribution in [3.05, 3.63) is 0 Å². The normalized spacial score (nSPS) is 12.0. The third-order valence-electron chi connectivity index (χ3n) is 0.515. The maximum absolute atomic E-state index is 5.35. The van der Waals surface area contributed by atoms with Crippen LogP contribution in [0, 0.1) is 0 Å². The maximum Gasteiger partial charge on any atom is 0.204 e. The molecule has 0 bridgehead atoms. The minimum Gasteiger partial charge on any atom is -0.238 e. The number of halogens is 3. The summed E-state index contributed by atoms with van der Waals surface area (Å²) in [6.07, 6.45) is 0. The topological polar surface area (TPSA) is 14.1 Å². The summed E-state index contributed by atoms with van der Waals surface area (Å²) in [6, 6.07) is 0. The number of hydrogen-bond donors (Lipinski definition) is 0. The highest BCUT2D eigenvalue weighted by Crippen LogP contribution is 2.24. The van der Waals surface area contributed by atoms with Crippen LogP contribution in [0.3, 0.4) is 0 Å². The molecule has 0 amide bonds. The van der Waals surface area contributed by atoms with Crippen LogP contribution < -0.4 is 5.32 Å². The molecule has 49 valence electrons. The molecule has 0 atom stereocenters. The third kappa shape index (κ3) is 6.83. The van der Waals surface area contributed by atoms with Crippen molar-refractivity contribution in [3.8, 4) is 0 Å². The summed E-state index contributed by atoms with van der Waals surface area (Å²) < 4.78 is -1.20. The smallest absolute Gasteiger partial charge is 0.204 e. The first-order valence-electron chi connectivity index (χ1n) is 2.26. The Hall–Kier alpha value is 0.830. The van der Waals surface area contributed by atoms with Crippen LogP contribution >= 0.6 is 34.8 Å². The van der Waals surface area contributed by atoms with Crippen molar-refractivity contribution in [2.75, 3.05) is 13.1 Å². The fourth-order valence-electron chi connectivity index (χ4n) is 0.239. The first kappa shape index (κ1) is 8.83. The molecule has 0 saturated heterocycles. The van der Waals surface area contributed by atoms with Gasteiger partial charge in [-0.15, -0.1) is 0 Å². The number of nitrogens with zero attached hydrogens (tertiary/aromatic N) is 1. The van der Waals surface area contributed by atoms with E-state index in [0.29, 0.717) is 6.54 Å². The quantitative estimate of drug-likeness (QED) is 0.570. The van der Waals surface area contributed by atoms with Crippen molar-refractivity contribution >= 4 is 34.8 Å². The highest BCUT2D eigenvalue weighted by molar-refractivity contribution is 6.67. The van der Waals surface area contributed by atoms with Gasteiger partial charge < -0.3 is 0 Å². The molecule has 0 rings (SSSR count). The zero-order valence-corrected chi connectivity index (χ0v) is 6.76. The van der Waals surface area contributed by atoms with E-state index in [4.69, 9.17) is 34.8 Å². The first-order valence-corrected chi connectivity index (χ1v) is 3.39. The average Bonchev–Trinajstić information content (AvgIpc) is 1.59. The zero-order chi connectivity index (χ0) is 6.62. The monoisotopic (exact) mass is 174 g/mol. The van der Waals surface area contributed by atoms with Gasteiger partial charge in [0, 0.05) is 6.54 Å². The second-order valence-corrected chi connectivity index (χ2v) is 3.83. The standard InChI is InChI=1S/C4H7Cl3N/c1-2-8-3-4(5,6)7/h2-3H2,1H3. The van der Waals surface area contributed by atoms with E-state index in [1.54, 1.807) is 0 Å². The molecule has 0 aromatic heterocycles. The van der Waals surface area contributed by atoms with Gasteiger partial charge in [0.1, 0.15) is 0 Å². The van der Waals surface area contributed by atoms with Crippen LogP contribution in [0.1, 0.15) is 6.92 Å². The Morgan fingerprint density at radius 1 is 1.38 bits per heavy atom. The number of alkyl halides is 3. The molecular weight excluding hydrogens is 168 g/mol. The van der Waals surface area contributed by atoms with Gasteiger partial charge in [-0.2, -0.15) is 0 Å². The van der Waals surface area contributed by atoms with Crippen LogP contribution in [0.2, 0.25) is 0 Å². The largest absolute Gasteiger partial charge is 0.238 e. The van der Waals surface area contributed by atoms with E-state index >= 15 is 0 Å². The third-order valence-corrected chi connectivity index (χ3v) is 0.873. The Balaban J connectivity index is 3.11. The molecule has 8 heavy (non-hydrogen) atoms. The van der Waals surface area contributed by atoms with Gasteiger partial charge >= 0.3 is 0 Å². The van der Waals surface area contributed by atoms with Gasteiger partial charge in [-0.25, -0.2) is 5.32 Å². The predicted octanol–water partition coefficient (Wildman–Crippen LogP) is 1.98. The van der Waals surface area contributed by atoms with Gasteiger partial charge in [0.2, 0.25) is 3.79 Å². The molecule has 0 aromatic rings. The van der Waals surface area contributed by atoms with Crippen molar-refractivity contribution in [2.45, 2.75) is 10.7 Å². The predicted molar refractivity (Wildman–Crippen MR) is 37.8 cm³/mol. The minimum absolute atomic E-state index is 0.286. The summed E-state index contributed by atoms with van der Waals surface area (Å²) >= 11 is 16.0. The lowest BCUT2D eigenvalue weighted by Crippen LogP contribution is -2.19. The van der Waals surface area contributed by atoms with Crippen LogP contribution in [-0.4, -0.2) is 16.9 Å². The zero-order valence-electron chi connectivity index (χ0n) is 4.50. The van der Waals surface area contributed by atoms with Gasteiger partial charge in [0.15, 0.2) is 0 Å². The fourth-order valence-corrected chi connectivity index (χ4v) is 0.492. The number of hydrogen-bond acceptors (Lipinski definition) is 0. The van der Waals surface area contributed by atoms with Crippen molar-refractivity contribution in [1.29, 1.82) is 0 Å². The van der Waals surface area contributed by atoms with Crippen molar-refractivity contribution in [3.63, 3.8) is 0 Å². The summed E-state index contributed by atoms with van der Waals surface area (Å²) in [6.45, 7) is 2.89. The Morgan fingerprint density at radius 3 is 2.00 bits per heavy atom. The molecule has 0 aliphatic carbocycles. The van der Waals surface area contributed by atoms with Gasteiger partial charge in [-0.1, -0.05) is 41.7 Å². The van der Waals surface area contributed by atoms with E-state index < -0.39 is 3.79 Å². The summed E-state index contributed by atoms with van der Waals surface area (Å²) in [5.41, 5.74) is 0. The SMILES string of the molecule is CC[N]CC(Cl)(Cl)Cl. The Kier molecular flexibility index (Phi) is 4.17. The molecule has 0 N–H and O–H groups in total. The van der Waals surface area contributed by atoms with Gasteiger partial charge in [0.05, 0.1) is 6.54 Å².